The molecule has 0 bridgehead atoms. The van der Waals surface area contributed by atoms with Gasteiger partial charge in [0.25, 0.3) is 10.0 Å². The van der Waals surface area contributed by atoms with Gasteiger partial charge >= 0.3 is 0 Å². The van der Waals surface area contributed by atoms with E-state index >= 15 is 0 Å². The van der Waals surface area contributed by atoms with Crippen molar-refractivity contribution in [1.29, 1.82) is 0 Å². The number of aromatic nitrogens is 2. The predicted octanol–water partition coefficient (Wildman–Crippen LogP) is 1.14. The first-order valence-corrected chi connectivity index (χ1v) is 7.33. The molecule has 0 saturated heterocycles. The Hall–Kier alpha value is -1.51. The molecule has 0 aromatic carbocycles. The summed E-state index contributed by atoms with van der Waals surface area (Å²) in [6, 6.07) is 3.04. The predicted molar refractivity (Wildman–Crippen MR) is 67.8 cm³/mol. The average molecular weight is 285 g/mol. The van der Waals surface area contributed by atoms with Gasteiger partial charge in [0.05, 0.1) is 6.61 Å². The Balaban J connectivity index is 2.34. The van der Waals surface area contributed by atoms with E-state index in [1.165, 1.54) is 29.8 Å². The van der Waals surface area contributed by atoms with Gasteiger partial charge in [-0.2, -0.15) is 0 Å². The molecular weight excluding hydrogens is 274 g/mol. The Morgan fingerprint density at radius 1 is 1.39 bits per heavy atom. The molecule has 96 valence electrons. The highest BCUT2D eigenvalue weighted by Crippen LogP contribution is 2.26. The van der Waals surface area contributed by atoms with Crippen LogP contribution in [-0.4, -0.2) is 23.5 Å². The van der Waals surface area contributed by atoms with Gasteiger partial charge in [0.15, 0.2) is 0 Å². The maximum absolute atomic E-state index is 12.1. The molecule has 0 spiro atoms. The number of aryl methyl sites for hydroxylation is 1. The second kappa shape index (κ2) is 5.01. The van der Waals surface area contributed by atoms with Crippen molar-refractivity contribution in [3.8, 4) is 0 Å². The topological polar surface area (TPSA) is 92.2 Å². The monoisotopic (exact) mass is 285 g/mol. The van der Waals surface area contributed by atoms with Crippen molar-refractivity contribution >= 4 is 27.3 Å². The highest BCUT2D eigenvalue weighted by molar-refractivity contribution is 7.92. The number of aliphatic hydroxyl groups excluding tert-OH is 1. The van der Waals surface area contributed by atoms with Gasteiger partial charge in [0, 0.05) is 22.1 Å². The van der Waals surface area contributed by atoms with E-state index in [0.29, 0.717) is 9.75 Å². The summed E-state index contributed by atoms with van der Waals surface area (Å²) < 4.78 is 26.5. The Morgan fingerprint density at radius 3 is 2.61 bits per heavy atom. The van der Waals surface area contributed by atoms with E-state index in [0.717, 1.165) is 0 Å². The number of sulfonamides is 1. The third-order valence-electron chi connectivity index (χ3n) is 2.16. The summed E-state index contributed by atoms with van der Waals surface area (Å²) in [5.41, 5.74) is 0. The number of nitrogens with one attached hydrogen (secondary N) is 1. The number of nitrogens with zero attached hydrogens (tertiary/aromatic N) is 2. The SMILES string of the molecule is Cc1sc(CO)cc1S(=O)(=O)Nc1ncccn1. The lowest BCUT2D eigenvalue weighted by Crippen LogP contribution is -2.15. The van der Waals surface area contributed by atoms with E-state index in [1.54, 1.807) is 13.0 Å². The van der Waals surface area contributed by atoms with Crippen molar-refractivity contribution < 1.29 is 13.5 Å². The average Bonchev–Trinajstić information content (AvgIpc) is 2.72. The number of hydrogen-bond donors (Lipinski definition) is 2. The zero-order valence-electron chi connectivity index (χ0n) is 9.49. The van der Waals surface area contributed by atoms with Gasteiger partial charge in [-0.15, -0.1) is 11.3 Å². The molecule has 8 heteroatoms. The largest absolute Gasteiger partial charge is 0.391 e. The van der Waals surface area contributed by atoms with Crippen LogP contribution in [0.2, 0.25) is 0 Å². The fourth-order valence-electron chi connectivity index (χ4n) is 1.40. The summed E-state index contributed by atoms with van der Waals surface area (Å²) >= 11 is 1.24. The second-order valence-corrected chi connectivity index (χ2v) is 6.46. The number of rotatable bonds is 4. The van der Waals surface area contributed by atoms with Crippen LogP contribution in [0.15, 0.2) is 29.4 Å². The number of aliphatic hydroxyl groups is 1. The molecule has 0 fully saturated rings. The van der Waals surface area contributed by atoms with Crippen LogP contribution in [0.1, 0.15) is 9.75 Å². The van der Waals surface area contributed by atoms with Crippen LogP contribution in [0.5, 0.6) is 0 Å². The molecule has 2 aromatic heterocycles. The quantitative estimate of drug-likeness (QED) is 0.878. The van der Waals surface area contributed by atoms with Crippen molar-refractivity contribution in [2.45, 2.75) is 18.4 Å². The molecule has 0 aliphatic carbocycles. The van der Waals surface area contributed by atoms with E-state index in [9.17, 15) is 8.42 Å². The van der Waals surface area contributed by atoms with Gasteiger partial charge in [0.1, 0.15) is 4.90 Å². The van der Waals surface area contributed by atoms with Crippen LogP contribution < -0.4 is 4.72 Å². The molecule has 0 aliphatic heterocycles. The molecule has 0 unspecified atom stereocenters. The van der Waals surface area contributed by atoms with Crippen molar-refractivity contribution in [3.05, 3.63) is 34.3 Å². The Bertz CT molecular complexity index is 638. The Kier molecular flexibility index (Phi) is 3.60. The van der Waals surface area contributed by atoms with Gasteiger partial charge in [0.2, 0.25) is 5.95 Å². The van der Waals surface area contributed by atoms with Crippen molar-refractivity contribution in [1.82, 2.24) is 9.97 Å². The van der Waals surface area contributed by atoms with Crippen molar-refractivity contribution in [2.75, 3.05) is 4.72 Å². The van der Waals surface area contributed by atoms with Crippen molar-refractivity contribution in [2.24, 2.45) is 0 Å². The lowest BCUT2D eigenvalue weighted by atomic mass is 10.4. The maximum Gasteiger partial charge on any atom is 0.265 e. The van der Waals surface area contributed by atoms with Gasteiger partial charge in [-0.05, 0) is 19.1 Å². The smallest absolute Gasteiger partial charge is 0.265 e. The summed E-state index contributed by atoms with van der Waals surface area (Å²) in [6.07, 6.45) is 2.90. The molecule has 2 N–H and O–H groups in total. The molecule has 2 heterocycles. The zero-order valence-corrected chi connectivity index (χ0v) is 11.1. The second-order valence-electron chi connectivity index (χ2n) is 3.47. The van der Waals surface area contributed by atoms with Crippen LogP contribution in [0, 0.1) is 6.92 Å². The fourth-order valence-corrected chi connectivity index (χ4v) is 3.85. The molecule has 0 aliphatic rings. The summed E-state index contributed by atoms with van der Waals surface area (Å²) in [7, 11) is -3.71. The molecule has 0 atom stereocenters. The van der Waals surface area contributed by atoms with E-state index < -0.39 is 10.0 Å². The molecule has 0 amide bonds. The third kappa shape index (κ3) is 2.66. The van der Waals surface area contributed by atoms with Gasteiger partial charge in [-0.3, -0.25) is 0 Å². The summed E-state index contributed by atoms with van der Waals surface area (Å²) in [5, 5.41) is 9.00. The van der Waals surface area contributed by atoms with Gasteiger partial charge in [-0.25, -0.2) is 23.1 Å². The van der Waals surface area contributed by atoms with Gasteiger partial charge < -0.3 is 5.11 Å². The number of hydrogen-bond acceptors (Lipinski definition) is 6. The number of thiophene rings is 1. The van der Waals surface area contributed by atoms with E-state index in [2.05, 4.69) is 14.7 Å². The highest BCUT2D eigenvalue weighted by atomic mass is 32.2. The fraction of sp³-hybridized carbons (Fsp3) is 0.200. The molecule has 18 heavy (non-hydrogen) atoms. The first-order valence-electron chi connectivity index (χ1n) is 5.03. The summed E-state index contributed by atoms with van der Waals surface area (Å²) in [4.78, 5) is 8.95. The first-order chi connectivity index (χ1) is 8.53. The van der Waals surface area contributed by atoms with Crippen LogP contribution in [-0.2, 0) is 16.6 Å². The minimum Gasteiger partial charge on any atom is -0.391 e. The normalized spacial score (nSPS) is 11.4. The Labute approximate surface area is 108 Å². The minimum atomic E-state index is -3.71. The van der Waals surface area contributed by atoms with Gasteiger partial charge in [-0.1, -0.05) is 0 Å². The molecule has 6 nitrogen and oxygen atoms in total. The van der Waals surface area contributed by atoms with Crippen LogP contribution in [0.3, 0.4) is 0 Å². The summed E-state index contributed by atoms with van der Waals surface area (Å²) in [5.74, 6) is 0.0219. The lowest BCUT2D eigenvalue weighted by Gasteiger charge is -2.04. The molecule has 2 rings (SSSR count). The Morgan fingerprint density at radius 2 is 2.06 bits per heavy atom. The van der Waals surface area contributed by atoms with E-state index in [1.807, 2.05) is 0 Å². The minimum absolute atomic E-state index is 0.0219. The standard InChI is InChI=1S/C10H11N3O3S2/c1-7-9(5-8(6-14)17-7)18(15,16)13-10-11-3-2-4-12-10/h2-5,14H,6H2,1H3,(H,11,12,13). The van der Waals surface area contributed by atoms with Crippen molar-refractivity contribution in [3.63, 3.8) is 0 Å². The van der Waals surface area contributed by atoms with E-state index in [4.69, 9.17) is 5.11 Å². The highest BCUT2D eigenvalue weighted by Gasteiger charge is 2.20. The maximum atomic E-state index is 12.1. The molecule has 2 aromatic rings. The molecular formula is C10H11N3O3S2. The van der Waals surface area contributed by atoms with Crippen LogP contribution >= 0.6 is 11.3 Å². The lowest BCUT2D eigenvalue weighted by molar-refractivity contribution is 0.285. The molecule has 0 saturated carbocycles. The zero-order chi connectivity index (χ0) is 13.2. The van der Waals surface area contributed by atoms with Crippen LogP contribution in [0.25, 0.3) is 0 Å². The first kappa shape index (κ1) is 12.9. The molecule has 0 radical (unpaired) electrons. The third-order valence-corrected chi connectivity index (χ3v) is 4.78. The number of anilines is 1. The van der Waals surface area contributed by atoms with Crippen LogP contribution in [0.4, 0.5) is 5.95 Å². The summed E-state index contributed by atoms with van der Waals surface area (Å²) in [6.45, 7) is 1.51. The van der Waals surface area contributed by atoms with E-state index in [-0.39, 0.29) is 17.5 Å².